The van der Waals surface area contributed by atoms with Crippen molar-refractivity contribution >= 4 is 5.91 Å². The number of hydrogen-bond donors (Lipinski definition) is 2. The molecule has 1 saturated heterocycles. The molecule has 1 aliphatic rings. The van der Waals surface area contributed by atoms with Crippen molar-refractivity contribution in [1.29, 1.82) is 0 Å². The summed E-state index contributed by atoms with van der Waals surface area (Å²) < 4.78 is 0. The third-order valence-corrected chi connectivity index (χ3v) is 4.70. The number of nitrogens with zero attached hydrogens (tertiary/aromatic N) is 1. The Hall–Kier alpha value is -0.610. The molecule has 1 fully saturated rings. The van der Waals surface area contributed by atoms with Crippen molar-refractivity contribution < 1.29 is 4.79 Å². The minimum absolute atomic E-state index is 0.133. The van der Waals surface area contributed by atoms with Gasteiger partial charge in [0.05, 0.1) is 5.41 Å². The Labute approximate surface area is 124 Å². The number of nitrogens with one attached hydrogen (secondary N) is 2. The number of piperidine rings is 1. The van der Waals surface area contributed by atoms with Gasteiger partial charge < -0.3 is 10.6 Å². The average Bonchev–Trinajstić information content (AvgIpc) is 2.43. The predicted octanol–water partition coefficient (Wildman–Crippen LogP) is 2.00. The molecule has 1 amide bonds. The van der Waals surface area contributed by atoms with Crippen LogP contribution in [0.3, 0.4) is 0 Å². The Balaban J connectivity index is 2.45. The molecule has 0 saturated carbocycles. The van der Waals surface area contributed by atoms with Crippen molar-refractivity contribution in [1.82, 2.24) is 15.5 Å². The molecule has 0 spiro atoms. The topological polar surface area (TPSA) is 44.4 Å². The molecular formula is C16H33N3O. The molecule has 0 radical (unpaired) electrons. The van der Waals surface area contributed by atoms with E-state index < -0.39 is 0 Å². The molecule has 0 aromatic heterocycles. The smallest absolute Gasteiger partial charge is 0.226 e. The summed E-state index contributed by atoms with van der Waals surface area (Å²) in [5, 5.41) is 6.52. The van der Waals surface area contributed by atoms with Crippen LogP contribution < -0.4 is 10.6 Å². The van der Waals surface area contributed by atoms with Crippen LogP contribution >= 0.6 is 0 Å². The van der Waals surface area contributed by atoms with E-state index in [1.807, 2.05) is 0 Å². The number of carbonyl (C=O) groups excluding carboxylic acids is 1. The quantitative estimate of drug-likeness (QED) is 0.751. The summed E-state index contributed by atoms with van der Waals surface area (Å²) in [6, 6.07) is 1.04. The van der Waals surface area contributed by atoms with Gasteiger partial charge in [0.2, 0.25) is 5.91 Å². The Kier molecular flexibility index (Phi) is 6.96. The zero-order chi connectivity index (χ0) is 15.2. The number of carbonyl (C=O) groups is 1. The molecule has 2 N–H and O–H groups in total. The van der Waals surface area contributed by atoms with Crippen LogP contribution in [0.5, 0.6) is 0 Å². The van der Waals surface area contributed by atoms with Crippen molar-refractivity contribution in [3.63, 3.8) is 0 Å². The summed E-state index contributed by atoms with van der Waals surface area (Å²) in [6.07, 6.45) is 2.87. The van der Waals surface area contributed by atoms with Gasteiger partial charge in [-0.05, 0) is 60.0 Å². The van der Waals surface area contributed by atoms with Crippen LogP contribution in [0.1, 0.15) is 53.9 Å². The molecule has 0 unspecified atom stereocenters. The first-order valence-electron chi connectivity index (χ1n) is 8.17. The van der Waals surface area contributed by atoms with Gasteiger partial charge in [0.1, 0.15) is 0 Å². The van der Waals surface area contributed by atoms with Gasteiger partial charge in [-0.1, -0.05) is 6.92 Å². The van der Waals surface area contributed by atoms with Crippen LogP contribution in [0.15, 0.2) is 0 Å². The number of hydrogen-bond acceptors (Lipinski definition) is 3. The minimum atomic E-state index is -0.133. The van der Waals surface area contributed by atoms with E-state index in [9.17, 15) is 4.79 Å². The van der Waals surface area contributed by atoms with Crippen LogP contribution in [0, 0.1) is 5.41 Å². The third-order valence-electron chi connectivity index (χ3n) is 4.70. The van der Waals surface area contributed by atoms with E-state index in [1.54, 1.807) is 0 Å². The van der Waals surface area contributed by atoms with Crippen molar-refractivity contribution in [3.8, 4) is 0 Å². The van der Waals surface area contributed by atoms with Crippen molar-refractivity contribution in [2.24, 2.45) is 5.41 Å². The summed E-state index contributed by atoms with van der Waals surface area (Å²) in [5.41, 5.74) is -0.133. The lowest BCUT2D eigenvalue weighted by molar-refractivity contribution is -0.133. The fraction of sp³-hybridized carbons (Fsp3) is 0.938. The standard InChI is InChI=1S/C16H33N3O/c1-6-16(7-9-17-10-8-16)15(20)18-11-12-19(13(2)3)14(4)5/h13-14,17H,6-12H2,1-5H3,(H,18,20). The third kappa shape index (κ3) is 4.45. The van der Waals surface area contributed by atoms with E-state index in [2.05, 4.69) is 50.2 Å². The molecule has 0 aliphatic carbocycles. The SMILES string of the molecule is CCC1(C(=O)NCCN(C(C)C)C(C)C)CCNCC1. The van der Waals surface area contributed by atoms with Gasteiger partial charge >= 0.3 is 0 Å². The monoisotopic (exact) mass is 283 g/mol. The molecule has 0 aromatic rings. The summed E-state index contributed by atoms with van der Waals surface area (Å²) in [7, 11) is 0. The highest BCUT2D eigenvalue weighted by molar-refractivity contribution is 5.82. The van der Waals surface area contributed by atoms with E-state index in [0.717, 1.165) is 45.4 Å². The van der Waals surface area contributed by atoms with Gasteiger partial charge in [-0.3, -0.25) is 9.69 Å². The summed E-state index contributed by atoms with van der Waals surface area (Å²) in [6.45, 7) is 14.6. The van der Waals surface area contributed by atoms with Crippen molar-refractivity contribution in [3.05, 3.63) is 0 Å². The predicted molar refractivity (Wildman–Crippen MR) is 84.8 cm³/mol. The lowest BCUT2D eigenvalue weighted by Gasteiger charge is -2.36. The summed E-state index contributed by atoms with van der Waals surface area (Å²) in [5.74, 6) is 0.258. The van der Waals surface area contributed by atoms with Crippen molar-refractivity contribution in [2.45, 2.75) is 66.0 Å². The van der Waals surface area contributed by atoms with Gasteiger partial charge in [0.15, 0.2) is 0 Å². The molecule has 0 atom stereocenters. The van der Waals surface area contributed by atoms with Gasteiger partial charge in [-0.25, -0.2) is 0 Å². The molecule has 4 nitrogen and oxygen atoms in total. The molecule has 1 rings (SSSR count). The van der Waals surface area contributed by atoms with E-state index >= 15 is 0 Å². The second kappa shape index (κ2) is 7.99. The Bertz CT molecular complexity index is 288. The molecule has 1 aliphatic heterocycles. The van der Waals surface area contributed by atoms with Gasteiger partial charge in [-0.15, -0.1) is 0 Å². The van der Waals surface area contributed by atoms with E-state index in [4.69, 9.17) is 0 Å². The molecule has 0 bridgehead atoms. The van der Waals surface area contributed by atoms with E-state index in [0.29, 0.717) is 12.1 Å². The van der Waals surface area contributed by atoms with Gasteiger partial charge in [0, 0.05) is 25.2 Å². The lowest BCUT2D eigenvalue weighted by atomic mass is 9.76. The zero-order valence-corrected chi connectivity index (χ0v) is 14.0. The largest absolute Gasteiger partial charge is 0.354 e. The molecule has 118 valence electrons. The Morgan fingerprint density at radius 3 is 2.20 bits per heavy atom. The maximum Gasteiger partial charge on any atom is 0.226 e. The van der Waals surface area contributed by atoms with Crippen LogP contribution in [0.25, 0.3) is 0 Å². The summed E-state index contributed by atoms with van der Waals surface area (Å²) >= 11 is 0. The fourth-order valence-electron chi connectivity index (χ4n) is 3.25. The molecular weight excluding hydrogens is 250 g/mol. The normalized spacial score (nSPS) is 18.8. The lowest BCUT2D eigenvalue weighted by Crippen LogP contribution is -2.49. The highest BCUT2D eigenvalue weighted by atomic mass is 16.2. The van der Waals surface area contributed by atoms with Crippen LogP contribution in [0.4, 0.5) is 0 Å². The van der Waals surface area contributed by atoms with E-state index in [-0.39, 0.29) is 11.3 Å². The Morgan fingerprint density at radius 1 is 1.20 bits per heavy atom. The van der Waals surface area contributed by atoms with Gasteiger partial charge in [0.25, 0.3) is 0 Å². The first-order valence-corrected chi connectivity index (χ1v) is 8.17. The van der Waals surface area contributed by atoms with Crippen LogP contribution in [0.2, 0.25) is 0 Å². The molecule has 20 heavy (non-hydrogen) atoms. The van der Waals surface area contributed by atoms with Crippen LogP contribution in [-0.2, 0) is 4.79 Å². The second-order valence-electron chi connectivity index (χ2n) is 6.57. The highest BCUT2D eigenvalue weighted by Crippen LogP contribution is 2.32. The minimum Gasteiger partial charge on any atom is -0.354 e. The first-order chi connectivity index (χ1) is 9.43. The summed E-state index contributed by atoms with van der Waals surface area (Å²) in [4.78, 5) is 14.9. The number of amides is 1. The molecule has 1 heterocycles. The number of rotatable bonds is 7. The fourth-order valence-corrected chi connectivity index (χ4v) is 3.25. The molecule has 0 aromatic carbocycles. The van der Waals surface area contributed by atoms with E-state index in [1.165, 1.54) is 0 Å². The second-order valence-corrected chi connectivity index (χ2v) is 6.57. The van der Waals surface area contributed by atoms with Crippen molar-refractivity contribution in [2.75, 3.05) is 26.2 Å². The first kappa shape index (κ1) is 17.4. The van der Waals surface area contributed by atoms with Gasteiger partial charge in [-0.2, -0.15) is 0 Å². The molecule has 4 heteroatoms. The maximum absolute atomic E-state index is 12.5. The maximum atomic E-state index is 12.5. The zero-order valence-electron chi connectivity index (χ0n) is 14.0. The van der Waals surface area contributed by atoms with Crippen LogP contribution in [-0.4, -0.2) is 49.1 Å². The average molecular weight is 283 g/mol. The Morgan fingerprint density at radius 2 is 1.75 bits per heavy atom. The highest BCUT2D eigenvalue weighted by Gasteiger charge is 2.37.